The second kappa shape index (κ2) is 8.89. The standard InChI is InChI=1S/C26H25FN6O3/c1-15(34)22-14-32(8-9-36-22)17-2-5-23(28-11-17)31-20-4-3-18(19-12-30-26(35)25(19)20)21-13-29-24-10-16(27)6-7-33(21)24/h2-7,10-11,13,15,22,34H,8-9,12,14H2,1H3,(H,28,31)(H,30,35)/t15-,22+/m1/s1. The van der Waals surface area contributed by atoms with Crippen LogP contribution in [0.25, 0.3) is 16.9 Å². The zero-order chi connectivity index (χ0) is 24.8. The number of carbonyl (C=O) groups excluding carboxylic acids is 1. The zero-order valence-electron chi connectivity index (χ0n) is 19.6. The van der Waals surface area contributed by atoms with E-state index in [1.165, 1.54) is 12.1 Å². The summed E-state index contributed by atoms with van der Waals surface area (Å²) in [5.74, 6) is 0.0958. The first-order valence-corrected chi connectivity index (χ1v) is 11.8. The van der Waals surface area contributed by atoms with E-state index in [0.29, 0.717) is 42.4 Å². The molecular weight excluding hydrogens is 463 g/mol. The Balaban J connectivity index is 1.28. The quantitative estimate of drug-likeness (QED) is 0.397. The highest BCUT2D eigenvalue weighted by Gasteiger charge is 2.28. The lowest BCUT2D eigenvalue weighted by Crippen LogP contribution is -2.47. The number of halogens is 1. The molecule has 1 amide bonds. The van der Waals surface area contributed by atoms with Gasteiger partial charge in [-0.05, 0) is 36.8 Å². The van der Waals surface area contributed by atoms with Gasteiger partial charge in [-0.1, -0.05) is 6.07 Å². The molecular formula is C26H25FN6O3. The lowest BCUT2D eigenvalue weighted by molar-refractivity contribution is -0.0364. The van der Waals surface area contributed by atoms with Crippen molar-refractivity contribution in [3.05, 3.63) is 71.9 Å². The van der Waals surface area contributed by atoms with Crippen molar-refractivity contribution in [1.82, 2.24) is 19.7 Å². The Hall–Kier alpha value is -4.02. The number of imidazole rings is 1. The highest BCUT2D eigenvalue weighted by Crippen LogP contribution is 2.35. The van der Waals surface area contributed by atoms with Gasteiger partial charge in [0.1, 0.15) is 23.4 Å². The maximum absolute atomic E-state index is 13.6. The van der Waals surface area contributed by atoms with Crippen molar-refractivity contribution in [3.8, 4) is 11.3 Å². The number of pyridine rings is 2. The number of hydrogen-bond donors (Lipinski definition) is 3. The molecule has 36 heavy (non-hydrogen) atoms. The first kappa shape index (κ1) is 22.4. The van der Waals surface area contributed by atoms with Gasteiger partial charge in [0, 0.05) is 37.5 Å². The predicted molar refractivity (Wildman–Crippen MR) is 133 cm³/mol. The van der Waals surface area contributed by atoms with Crippen LogP contribution in [0.15, 0.2) is 55.0 Å². The number of amides is 1. The molecule has 1 saturated heterocycles. The lowest BCUT2D eigenvalue weighted by Gasteiger charge is -2.35. The lowest BCUT2D eigenvalue weighted by atomic mass is 9.99. The Morgan fingerprint density at radius 2 is 2.11 bits per heavy atom. The average Bonchev–Trinajstić information content (AvgIpc) is 3.48. The summed E-state index contributed by atoms with van der Waals surface area (Å²) < 4.78 is 21.1. The molecule has 2 aliphatic rings. The Labute approximate surface area is 206 Å². The Bertz CT molecular complexity index is 1450. The molecule has 0 saturated carbocycles. The number of aromatic nitrogens is 3. The second-order valence-corrected chi connectivity index (χ2v) is 9.04. The monoisotopic (exact) mass is 488 g/mol. The fourth-order valence-corrected chi connectivity index (χ4v) is 4.83. The van der Waals surface area contributed by atoms with Crippen molar-refractivity contribution >= 4 is 28.7 Å². The van der Waals surface area contributed by atoms with E-state index in [1.54, 1.807) is 25.5 Å². The SMILES string of the molecule is C[C@@H](O)[C@@H]1CN(c2ccc(Nc3ccc(-c4cnc5cc(F)ccn45)c4c3C(=O)NC4)nc2)CCO1. The highest BCUT2D eigenvalue weighted by atomic mass is 19.1. The van der Waals surface area contributed by atoms with E-state index in [4.69, 9.17) is 4.74 Å². The van der Waals surface area contributed by atoms with Gasteiger partial charge in [-0.3, -0.25) is 9.20 Å². The van der Waals surface area contributed by atoms with Crippen LogP contribution in [0, 0.1) is 5.82 Å². The van der Waals surface area contributed by atoms with E-state index < -0.39 is 6.10 Å². The van der Waals surface area contributed by atoms with Crippen molar-refractivity contribution < 1.29 is 19.0 Å². The number of aliphatic hydroxyl groups excluding tert-OH is 1. The van der Waals surface area contributed by atoms with Crippen LogP contribution in [-0.2, 0) is 11.3 Å². The normalized spacial score (nSPS) is 18.2. The molecule has 6 rings (SSSR count). The molecule has 184 valence electrons. The summed E-state index contributed by atoms with van der Waals surface area (Å²) >= 11 is 0. The molecule has 0 aliphatic carbocycles. The molecule has 10 heteroatoms. The molecule has 2 aliphatic heterocycles. The zero-order valence-corrected chi connectivity index (χ0v) is 19.6. The van der Waals surface area contributed by atoms with Crippen LogP contribution in [-0.4, -0.2) is 57.3 Å². The minimum Gasteiger partial charge on any atom is -0.391 e. The molecule has 0 radical (unpaired) electrons. The van der Waals surface area contributed by atoms with Gasteiger partial charge in [-0.15, -0.1) is 0 Å². The van der Waals surface area contributed by atoms with Crippen LogP contribution in [0.4, 0.5) is 21.6 Å². The number of nitrogens with zero attached hydrogens (tertiary/aromatic N) is 4. The molecule has 0 bridgehead atoms. The number of rotatable bonds is 5. The van der Waals surface area contributed by atoms with Crippen molar-refractivity contribution in [2.75, 3.05) is 29.9 Å². The van der Waals surface area contributed by atoms with Crippen molar-refractivity contribution in [2.24, 2.45) is 0 Å². The number of morpholine rings is 1. The molecule has 5 heterocycles. The minimum atomic E-state index is -0.542. The third-order valence-corrected chi connectivity index (χ3v) is 6.72. The summed E-state index contributed by atoms with van der Waals surface area (Å²) in [5.41, 5.74) is 5.15. The number of hydrogen-bond acceptors (Lipinski definition) is 7. The summed E-state index contributed by atoms with van der Waals surface area (Å²) in [6.07, 6.45) is 4.33. The number of fused-ring (bicyclic) bond motifs is 2. The average molecular weight is 489 g/mol. The van der Waals surface area contributed by atoms with Crippen LogP contribution >= 0.6 is 0 Å². The maximum atomic E-state index is 13.6. The van der Waals surface area contributed by atoms with Gasteiger partial charge in [0.25, 0.3) is 5.91 Å². The first-order valence-electron chi connectivity index (χ1n) is 11.8. The number of anilines is 3. The summed E-state index contributed by atoms with van der Waals surface area (Å²) in [4.78, 5) is 23.8. The van der Waals surface area contributed by atoms with Gasteiger partial charge in [-0.25, -0.2) is 14.4 Å². The third-order valence-electron chi connectivity index (χ3n) is 6.72. The van der Waals surface area contributed by atoms with Crippen LogP contribution in [0.5, 0.6) is 0 Å². The van der Waals surface area contributed by atoms with Crippen LogP contribution < -0.4 is 15.5 Å². The van der Waals surface area contributed by atoms with Gasteiger partial charge in [-0.2, -0.15) is 0 Å². The molecule has 4 aromatic rings. The minimum absolute atomic E-state index is 0.164. The molecule has 3 aromatic heterocycles. The van der Waals surface area contributed by atoms with Crippen LogP contribution in [0.3, 0.4) is 0 Å². The number of carbonyl (C=O) groups is 1. The van der Waals surface area contributed by atoms with E-state index in [-0.39, 0.29) is 17.8 Å². The fraction of sp³-hybridized carbons (Fsp3) is 0.269. The van der Waals surface area contributed by atoms with E-state index in [0.717, 1.165) is 29.1 Å². The van der Waals surface area contributed by atoms with E-state index in [1.807, 2.05) is 28.7 Å². The summed E-state index contributed by atoms with van der Waals surface area (Å²) in [5, 5.41) is 16.1. The van der Waals surface area contributed by atoms with Crippen molar-refractivity contribution in [1.29, 1.82) is 0 Å². The predicted octanol–water partition coefficient (Wildman–Crippen LogP) is 3.11. The molecule has 1 fully saturated rings. The number of ether oxygens (including phenoxy) is 1. The molecule has 3 N–H and O–H groups in total. The number of benzene rings is 1. The molecule has 2 atom stereocenters. The smallest absolute Gasteiger partial charge is 0.254 e. The molecule has 1 aromatic carbocycles. The van der Waals surface area contributed by atoms with Gasteiger partial charge in [0.05, 0.1) is 47.7 Å². The van der Waals surface area contributed by atoms with Crippen LogP contribution in [0.1, 0.15) is 22.8 Å². The maximum Gasteiger partial charge on any atom is 0.254 e. The Kier molecular flexibility index (Phi) is 5.54. The van der Waals surface area contributed by atoms with Gasteiger partial charge in [0.15, 0.2) is 0 Å². The van der Waals surface area contributed by atoms with Crippen molar-refractivity contribution in [2.45, 2.75) is 25.7 Å². The highest BCUT2D eigenvalue weighted by molar-refractivity contribution is 6.06. The summed E-state index contributed by atoms with van der Waals surface area (Å²) in [6.45, 7) is 3.99. The topological polar surface area (TPSA) is 104 Å². The van der Waals surface area contributed by atoms with Gasteiger partial charge >= 0.3 is 0 Å². The third kappa shape index (κ3) is 3.94. The number of nitrogens with one attached hydrogen (secondary N) is 2. The van der Waals surface area contributed by atoms with E-state index in [9.17, 15) is 14.3 Å². The van der Waals surface area contributed by atoms with E-state index >= 15 is 0 Å². The fourth-order valence-electron chi connectivity index (χ4n) is 4.83. The van der Waals surface area contributed by atoms with E-state index in [2.05, 4.69) is 25.5 Å². The van der Waals surface area contributed by atoms with Crippen molar-refractivity contribution in [3.63, 3.8) is 0 Å². The Morgan fingerprint density at radius 3 is 2.92 bits per heavy atom. The van der Waals surface area contributed by atoms with Gasteiger partial charge < -0.3 is 25.4 Å². The number of aliphatic hydroxyl groups is 1. The second-order valence-electron chi connectivity index (χ2n) is 9.04. The summed E-state index contributed by atoms with van der Waals surface area (Å²) in [6, 6.07) is 10.4. The van der Waals surface area contributed by atoms with Crippen LogP contribution in [0.2, 0.25) is 0 Å². The molecule has 0 unspecified atom stereocenters. The largest absolute Gasteiger partial charge is 0.391 e. The molecule has 9 nitrogen and oxygen atoms in total. The summed E-state index contributed by atoms with van der Waals surface area (Å²) in [7, 11) is 0. The van der Waals surface area contributed by atoms with Gasteiger partial charge in [0.2, 0.25) is 0 Å². The Morgan fingerprint density at radius 1 is 1.22 bits per heavy atom. The first-order chi connectivity index (χ1) is 17.5. The molecule has 0 spiro atoms.